The zero-order chi connectivity index (χ0) is 12.4. The van der Waals surface area contributed by atoms with E-state index in [0.29, 0.717) is 23.8 Å². The van der Waals surface area contributed by atoms with Gasteiger partial charge < -0.3 is 5.32 Å². The highest BCUT2D eigenvalue weighted by molar-refractivity contribution is 5.30. The predicted molar refractivity (Wildman–Crippen MR) is 72.1 cm³/mol. The van der Waals surface area contributed by atoms with Crippen LogP contribution in [0.1, 0.15) is 44.4 Å². The monoisotopic (exact) mass is 232 g/mol. The van der Waals surface area contributed by atoms with Gasteiger partial charge in [-0.3, -0.25) is 4.98 Å². The van der Waals surface area contributed by atoms with Crippen LogP contribution in [0, 0.1) is 11.8 Å². The van der Waals surface area contributed by atoms with Crippen molar-refractivity contribution in [1.29, 1.82) is 0 Å². The molecule has 17 heavy (non-hydrogen) atoms. The van der Waals surface area contributed by atoms with Crippen molar-refractivity contribution in [2.24, 2.45) is 11.8 Å². The number of nitrogens with zero attached hydrogens (tertiary/aromatic N) is 1. The van der Waals surface area contributed by atoms with Gasteiger partial charge in [-0.05, 0) is 43.4 Å². The van der Waals surface area contributed by atoms with E-state index < -0.39 is 0 Å². The van der Waals surface area contributed by atoms with Gasteiger partial charge in [0, 0.05) is 23.9 Å². The molecule has 1 aromatic heterocycles. The third kappa shape index (κ3) is 2.37. The van der Waals surface area contributed by atoms with Gasteiger partial charge in [-0.25, -0.2) is 0 Å². The fraction of sp³-hybridized carbons (Fsp3) is 0.667. The minimum Gasteiger partial charge on any atom is -0.316 e. The van der Waals surface area contributed by atoms with E-state index in [4.69, 9.17) is 0 Å². The first kappa shape index (κ1) is 12.6. The lowest BCUT2D eigenvalue weighted by molar-refractivity contribution is 0.271. The number of aromatic nitrogens is 1. The lowest BCUT2D eigenvalue weighted by atomic mass is 9.81. The summed E-state index contributed by atoms with van der Waals surface area (Å²) in [5.41, 5.74) is 2.79. The van der Waals surface area contributed by atoms with E-state index in [9.17, 15) is 0 Å². The first-order chi connectivity index (χ1) is 8.15. The maximum atomic E-state index is 4.61. The molecular weight excluding hydrogens is 208 g/mol. The van der Waals surface area contributed by atoms with E-state index in [0.717, 1.165) is 0 Å². The Labute approximate surface area is 105 Å². The van der Waals surface area contributed by atoms with Crippen LogP contribution in [0.25, 0.3) is 0 Å². The highest BCUT2D eigenvalue weighted by atomic mass is 14.9. The van der Waals surface area contributed by atoms with E-state index in [1.807, 2.05) is 6.20 Å². The molecule has 0 spiro atoms. The molecule has 0 aliphatic heterocycles. The Morgan fingerprint density at radius 1 is 1.35 bits per heavy atom. The van der Waals surface area contributed by atoms with Gasteiger partial charge in [-0.1, -0.05) is 26.8 Å². The van der Waals surface area contributed by atoms with E-state index in [1.165, 1.54) is 24.1 Å². The van der Waals surface area contributed by atoms with Gasteiger partial charge in [0.2, 0.25) is 0 Å². The van der Waals surface area contributed by atoms with Crippen molar-refractivity contribution in [1.82, 2.24) is 10.3 Å². The highest BCUT2D eigenvalue weighted by Crippen LogP contribution is 2.37. The Morgan fingerprint density at radius 3 is 2.76 bits per heavy atom. The first-order valence-corrected chi connectivity index (χ1v) is 6.76. The van der Waals surface area contributed by atoms with Crippen molar-refractivity contribution in [2.75, 3.05) is 7.05 Å². The summed E-state index contributed by atoms with van der Waals surface area (Å²) in [6, 6.07) is 4.84. The molecule has 1 aromatic rings. The van der Waals surface area contributed by atoms with Crippen molar-refractivity contribution in [3.05, 3.63) is 29.6 Å². The van der Waals surface area contributed by atoms with E-state index in [2.05, 4.69) is 50.3 Å². The Hall–Kier alpha value is -0.890. The molecule has 1 aliphatic rings. The lowest BCUT2D eigenvalue weighted by Gasteiger charge is -2.31. The SMILES string of the molecule is CNC(C1CCc2cccnc21)C(C)C(C)C. The molecular formula is C15H24N2. The fourth-order valence-electron chi connectivity index (χ4n) is 3.04. The number of pyridine rings is 1. The van der Waals surface area contributed by atoms with Gasteiger partial charge >= 0.3 is 0 Å². The van der Waals surface area contributed by atoms with Gasteiger partial charge in [0.1, 0.15) is 0 Å². The zero-order valence-corrected chi connectivity index (χ0v) is 11.4. The van der Waals surface area contributed by atoms with E-state index in [1.54, 1.807) is 0 Å². The summed E-state index contributed by atoms with van der Waals surface area (Å²) in [7, 11) is 2.09. The normalized spacial score (nSPS) is 22.5. The molecule has 2 nitrogen and oxygen atoms in total. The average molecular weight is 232 g/mol. The lowest BCUT2D eigenvalue weighted by Crippen LogP contribution is -2.39. The number of hydrogen-bond acceptors (Lipinski definition) is 2. The van der Waals surface area contributed by atoms with Crippen molar-refractivity contribution in [3.63, 3.8) is 0 Å². The maximum Gasteiger partial charge on any atom is 0.0482 e. The number of hydrogen-bond donors (Lipinski definition) is 1. The van der Waals surface area contributed by atoms with Crippen LogP contribution in [0.5, 0.6) is 0 Å². The third-order valence-electron chi connectivity index (χ3n) is 4.39. The average Bonchev–Trinajstić information content (AvgIpc) is 2.74. The summed E-state index contributed by atoms with van der Waals surface area (Å²) in [4.78, 5) is 4.61. The van der Waals surface area contributed by atoms with Crippen LogP contribution in [-0.4, -0.2) is 18.1 Å². The molecule has 2 rings (SSSR count). The van der Waals surface area contributed by atoms with Gasteiger partial charge in [0.05, 0.1) is 0 Å². The van der Waals surface area contributed by atoms with Crippen LogP contribution in [0.15, 0.2) is 18.3 Å². The Bertz CT molecular complexity index is 373. The summed E-state index contributed by atoms with van der Waals surface area (Å²) in [5, 5.41) is 3.53. The maximum absolute atomic E-state index is 4.61. The molecule has 0 fully saturated rings. The minimum absolute atomic E-state index is 0.547. The molecule has 94 valence electrons. The molecule has 2 heteroatoms. The van der Waals surface area contributed by atoms with Crippen molar-refractivity contribution >= 4 is 0 Å². The largest absolute Gasteiger partial charge is 0.316 e. The van der Waals surface area contributed by atoms with Crippen LogP contribution >= 0.6 is 0 Å². The smallest absolute Gasteiger partial charge is 0.0482 e. The quantitative estimate of drug-likeness (QED) is 0.863. The molecule has 1 aliphatic carbocycles. The van der Waals surface area contributed by atoms with Crippen molar-refractivity contribution in [2.45, 2.75) is 45.6 Å². The number of likely N-dealkylation sites (N-methyl/N-ethyl adjacent to an activating group) is 1. The summed E-state index contributed by atoms with van der Waals surface area (Å²) in [6.45, 7) is 6.97. The standard InChI is InChI=1S/C15H24N2/c1-10(2)11(3)14(16-4)13-8-7-12-6-5-9-17-15(12)13/h5-6,9-11,13-14,16H,7-8H2,1-4H3. The Morgan fingerprint density at radius 2 is 2.12 bits per heavy atom. The van der Waals surface area contributed by atoms with Crippen LogP contribution in [0.4, 0.5) is 0 Å². The second-order valence-electron chi connectivity index (χ2n) is 5.61. The number of rotatable bonds is 4. The van der Waals surface area contributed by atoms with Crippen LogP contribution in [0.3, 0.4) is 0 Å². The molecule has 0 amide bonds. The summed E-state index contributed by atoms with van der Waals surface area (Å²) in [6.07, 6.45) is 4.37. The zero-order valence-electron chi connectivity index (χ0n) is 11.4. The third-order valence-corrected chi connectivity index (χ3v) is 4.39. The van der Waals surface area contributed by atoms with Crippen molar-refractivity contribution in [3.8, 4) is 0 Å². The second-order valence-corrected chi connectivity index (χ2v) is 5.61. The Kier molecular flexibility index (Phi) is 3.82. The van der Waals surface area contributed by atoms with Gasteiger partial charge in [-0.2, -0.15) is 0 Å². The van der Waals surface area contributed by atoms with Crippen molar-refractivity contribution < 1.29 is 0 Å². The van der Waals surface area contributed by atoms with Gasteiger partial charge in [-0.15, -0.1) is 0 Å². The fourth-order valence-corrected chi connectivity index (χ4v) is 3.04. The van der Waals surface area contributed by atoms with E-state index in [-0.39, 0.29) is 0 Å². The summed E-state index contributed by atoms with van der Waals surface area (Å²) >= 11 is 0. The molecule has 1 heterocycles. The van der Waals surface area contributed by atoms with Crippen LogP contribution in [0.2, 0.25) is 0 Å². The number of fused-ring (bicyclic) bond motifs is 1. The molecule has 0 aromatic carbocycles. The molecule has 1 N–H and O–H groups in total. The van der Waals surface area contributed by atoms with Gasteiger partial charge in [0.15, 0.2) is 0 Å². The summed E-state index contributed by atoms with van der Waals surface area (Å²) in [5.74, 6) is 1.98. The topological polar surface area (TPSA) is 24.9 Å². The van der Waals surface area contributed by atoms with E-state index >= 15 is 0 Å². The molecule has 3 unspecified atom stereocenters. The molecule has 0 saturated carbocycles. The van der Waals surface area contributed by atoms with Gasteiger partial charge in [0.25, 0.3) is 0 Å². The number of nitrogens with one attached hydrogen (secondary N) is 1. The van der Waals surface area contributed by atoms with Crippen LogP contribution in [-0.2, 0) is 6.42 Å². The molecule has 0 radical (unpaired) electrons. The minimum atomic E-state index is 0.547. The predicted octanol–water partition coefficient (Wildman–Crippen LogP) is 2.99. The number of aryl methyl sites for hydroxylation is 1. The first-order valence-electron chi connectivity index (χ1n) is 6.76. The molecule has 0 bridgehead atoms. The Balaban J connectivity index is 2.23. The molecule has 3 atom stereocenters. The molecule has 0 saturated heterocycles. The van der Waals surface area contributed by atoms with Crippen LogP contribution < -0.4 is 5.32 Å². The highest BCUT2D eigenvalue weighted by Gasteiger charge is 2.33. The summed E-state index contributed by atoms with van der Waals surface area (Å²) < 4.78 is 0. The second kappa shape index (κ2) is 5.18.